The Kier molecular flexibility index (Phi) is 8.27. The van der Waals surface area contributed by atoms with Crippen LogP contribution in [0.15, 0.2) is 0 Å². The molecule has 0 aliphatic heterocycles. The molecule has 0 bridgehead atoms. The molecule has 0 fully saturated rings. The van der Waals surface area contributed by atoms with Gasteiger partial charge in [0, 0.05) is 27.8 Å². The van der Waals surface area contributed by atoms with E-state index in [0.717, 1.165) is 19.3 Å². The molecule has 0 saturated heterocycles. The molecule has 0 aromatic rings. The number of aliphatic hydroxyl groups is 1. The molecule has 0 aromatic heterocycles. The molecular formula is C10H21NO4. The molecule has 0 rings (SSSR count). The second kappa shape index (κ2) is 8.64. The normalized spacial score (nSPS) is 14.7. The summed E-state index contributed by atoms with van der Waals surface area (Å²) in [6, 6.07) is 0. The van der Waals surface area contributed by atoms with Gasteiger partial charge >= 0.3 is 0 Å². The Morgan fingerprint density at radius 1 is 1.33 bits per heavy atom. The lowest BCUT2D eigenvalue weighted by Gasteiger charge is -2.25. The molecule has 0 spiro atoms. The molecule has 0 saturated carbocycles. The number of hydrogen-bond acceptors (Lipinski definition) is 4. The molecule has 0 radical (unpaired) electrons. The van der Waals surface area contributed by atoms with Crippen molar-refractivity contribution >= 4 is 5.91 Å². The second-order valence-corrected chi connectivity index (χ2v) is 3.35. The number of nitrogens with one attached hydrogen (secondary N) is 1. The van der Waals surface area contributed by atoms with Gasteiger partial charge in [0.1, 0.15) is 6.10 Å². The lowest BCUT2D eigenvalue weighted by Crippen LogP contribution is -2.44. The summed E-state index contributed by atoms with van der Waals surface area (Å²) >= 11 is 0. The standard InChI is InChI=1S/C10H21NO4/c1-8(13)11-10(15-3)9(14-2)6-4-5-7-12/h9-10,12H,4-7H2,1-3H3,(H,11,13). The summed E-state index contributed by atoms with van der Waals surface area (Å²) in [6.45, 7) is 1.61. The minimum Gasteiger partial charge on any atom is -0.396 e. The van der Waals surface area contributed by atoms with Gasteiger partial charge in [0.2, 0.25) is 5.91 Å². The van der Waals surface area contributed by atoms with Crippen molar-refractivity contribution in [2.24, 2.45) is 0 Å². The highest BCUT2D eigenvalue weighted by Crippen LogP contribution is 2.09. The average molecular weight is 219 g/mol. The van der Waals surface area contributed by atoms with Crippen LogP contribution in [-0.4, -0.2) is 44.2 Å². The number of carbonyl (C=O) groups is 1. The van der Waals surface area contributed by atoms with E-state index in [2.05, 4.69) is 5.32 Å². The summed E-state index contributed by atoms with van der Waals surface area (Å²) in [6.07, 6.45) is 1.72. The quantitative estimate of drug-likeness (QED) is 0.454. The van der Waals surface area contributed by atoms with Crippen molar-refractivity contribution in [3.8, 4) is 0 Å². The third-order valence-corrected chi connectivity index (χ3v) is 2.14. The Labute approximate surface area is 90.8 Å². The van der Waals surface area contributed by atoms with Gasteiger partial charge in [0.05, 0.1) is 0 Å². The molecule has 0 aromatic carbocycles. The van der Waals surface area contributed by atoms with Gasteiger partial charge in [-0.1, -0.05) is 0 Å². The molecule has 0 aliphatic rings. The van der Waals surface area contributed by atoms with Gasteiger partial charge in [-0.3, -0.25) is 4.79 Å². The van der Waals surface area contributed by atoms with Crippen LogP contribution in [0.1, 0.15) is 26.2 Å². The van der Waals surface area contributed by atoms with E-state index >= 15 is 0 Å². The van der Waals surface area contributed by atoms with E-state index in [-0.39, 0.29) is 18.6 Å². The number of carbonyl (C=O) groups excluding carboxylic acids is 1. The van der Waals surface area contributed by atoms with Crippen LogP contribution >= 0.6 is 0 Å². The first-order chi connectivity index (χ1) is 7.15. The van der Waals surface area contributed by atoms with Gasteiger partial charge in [-0.2, -0.15) is 0 Å². The number of unbranched alkanes of at least 4 members (excludes halogenated alkanes) is 1. The van der Waals surface area contributed by atoms with Crippen LogP contribution in [0.5, 0.6) is 0 Å². The molecule has 5 heteroatoms. The number of hydrogen-bond donors (Lipinski definition) is 2. The maximum absolute atomic E-state index is 10.9. The zero-order valence-corrected chi connectivity index (χ0v) is 9.66. The van der Waals surface area contributed by atoms with E-state index < -0.39 is 6.23 Å². The molecule has 0 aliphatic carbocycles. The topological polar surface area (TPSA) is 67.8 Å². The van der Waals surface area contributed by atoms with E-state index in [1.165, 1.54) is 14.0 Å². The smallest absolute Gasteiger partial charge is 0.218 e. The van der Waals surface area contributed by atoms with Crippen LogP contribution in [0.2, 0.25) is 0 Å². The van der Waals surface area contributed by atoms with Gasteiger partial charge in [-0.05, 0) is 19.3 Å². The number of aliphatic hydroxyl groups excluding tert-OH is 1. The summed E-state index contributed by atoms with van der Waals surface area (Å²) in [7, 11) is 3.11. The van der Waals surface area contributed by atoms with Crippen molar-refractivity contribution in [1.29, 1.82) is 0 Å². The number of rotatable bonds is 8. The zero-order chi connectivity index (χ0) is 11.7. The molecule has 90 valence electrons. The highest BCUT2D eigenvalue weighted by molar-refractivity contribution is 5.73. The summed E-state index contributed by atoms with van der Waals surface area (Å²) in [4.78, 5) is 10.9. The summed E-state index contributed by atoms with van der Waals surface area (Å²) in [5.41, 5.74) is 0. The Morgan fingerprint density at radius 2 is 2.00 bits per heavy atom. The molecule has 2 N–H and O–H groups in total. The number of methoxy groups -OCH3 is 2. The first-order valence-corrected chi connectivity index (χ1v) is 5.09. The summed E-state index contributed by atoms with van der Waals surface area (Å²) in [5, 5.41) is 11.3. The molecular weight excluding hydrogens is 198 g/mol. The first-order valence-electron chi connectivity index (χ1n) is 5.09. The molecule has 2 unspecified atom stereocenters. The van der Waals surface area contributed by atoms with Gasteiger partial charge in [-0.25, -0.2) is 0 Å². The predicted molar refractivity (Wildman–Crippen MR) is 56.3 cm³/mol. The average Bonchev–Trinajstić information content (AvgIpc) is 2.21. The van der Waals surface area contributed by atoms with E-state index in [0.29, 0.717) is 0 Å². The Bertz CT molecular complexity index is 175. The minimum atomic E-state index is -0.425. The van der Waals surface area contributed by atoms with Crippen molar-refractivity contribution in [3.05, 3.63) is 0 Å². The maximum atomic E-state index is 10.9. The van der Waals surface area contributed by atoms with Crippen LogP contribution in [0.4, 0.5) is 0 Å². The van der Waals surface area contributed by atoms with E-state index in [1.54, 1.807) is 7.11 Å². The predicted octanol–water partition coefficient (Wildman–Crippen LogP) is 0.273. The van der Waals surface area contributed by atoms with Crippen LogP contribution in [0.25, 0.3) is 0 Å². The summed E-state index contributed by atoms with van der Waals surface area (Å²) < 4.78 is 10.4. The van der Waals surface area contributed by atoms with Gasteiger partial charge in [0.25, 0.3) is 0 Å². The molecule has 0 heterocycles. The van der Waals surface area contributed by atoms with Crippen molar-refractivity contribution < 1.29 is 19.4 Å². The van der Waals surface area contributed by atoms with E-state index in [9.17, 15) is 4.79 Å². The SMILES string of the molecule is COC(CCCCO)C(NC(C)=O)OC. The Morgan fingerprint density at radius 3 is 2.40 bits per heavy atom. The van der Waals surface area contributed by atoms with Crippen LogP contribution in [-0.2, 0) is 14.3 Å². The van der Waals surface area contributed by atoms with Gasteiger partial charge in [-0.15, -0.1) is 0 Å². The first kappa shape index (κ1) is 14.3. The van der Waals surface area contributed by atoms with Crippen LogP contribution < -0.4 is 5.32 Å². The number of ether oxygens (including phenoxy) is 2. The lowest BCUT2D eigenvalue weighted by molar-refractivity contribution is -0.127. The van der Waals surface area contributed by atoms with Crippen molar-refractivity contribution in [2.45, 2.75) is 38.5 Å². The fourth-order valence-corrected chi connectivity index (χ4v) is 1.35. The highest BCUT2D eigenvalue weighted by atomic mass is 16.5. The van der Waals surface area contributed by atoms with Gasteiger partial charge < -0.3 is 19.9 Å². The highest BCUT2D eigenvalue weighted by Gasteiger charge is 2.20. The van der Waals surface area contributed by atoms with E-state index in [1.807, 2.05) is 0 Å². The largest absolute Gasteiger partial charge is 0.396 e. The van der Waals surface area contributed by atoms with Crippen molar-refractivity contribution in [2.75, 3.05) is 20.8 Å². The van der Waals surface area contributed by atoms with Gasteiger partial charge in [0.15, 0.2) is 6.23 Å². The fraction of sp³-hybridized carbons (Fsp3) is 0.900. The molecule has 2 atom stereocenters. The minimum absolute atomic E-state index is 0.147. The monoisotopic (exact) mass is 219 g/mol. The number of amides is 1. The van der Waals surface area contributed by atoms with Crippen LogP contribution in [0, 0.1) is 0 Å². The Hall–Kier alpha value is -0.650. The van der Waals surface area contributed by atoms with Crippen molar-refractivity contribution in [1.82, 2.24) is 5.32 Å². The molecule has 1 amide bonds. The second-order valence-electron chi connectivity index (χ2n) is 3.35. The fourth-order valence-electron chi connectivity index (χ4n) is 1.35. The maximum Gasteiger partial charge on any atom is 0.218 e. The third kappa shape index (κ3) is 6.43. The van der Waals surface area contributed by atoms with Crippen molar-refractivity contribution in [3.63, 3.8) is 0 Å². The lowest BCUT2D eigenvalue weighted by atomic mass is 10.1. The third-order valence-electron chi connectivity index (χ3n) is 2.14. The molecule has 15 heavy (non-hydrogen) atoms. The molecule has 5 nitrogen and oxygen atoms in total. The Balaban J connectivity index is 4.02. The van der Waals surface area contributed by atoms with E-state index in [4.69, 9.17) is 14.6 Å². The van der Waals surface area contributed by atoms with Crippen LogP contribution in [0.3, 0.4) is 0 Å². The summed E-state index contributed by atoms with van der Waals surface area (Å²) in [5.74, 6) is -0.147. The zero-order valence-electron chi connectivity index (χ0n) is 9.66.